The first-order valence-corrected chi connectivity index (χ1v) is 17.4. The minimum Gasteiger partial charge on any atom is -0.455 e. The summed E-state index contributed by atoms with van der Waals surface area (Å²) in [7, 11) is 0. The van der Waals surface area contributed by atoms with Gasteiger partial charge in [-0.25, -0.2) is 0 Å². The zero-order valence-corrected chi connectivity index (χ0v) is 27.6. The quantitative estimate of drug-likeness (QED) is 0.177. The Balaban J connectivity index is 1.21. The molecule has 0 aliphatic heterocycles. The number of benzene rings is 9. The van der Waals surface area contributed by atoms with E-state index in [1.54, 1.807) is 0 Å². The summed E-state index contributed by atoms with van der Waals surface area (Å²) in [5.41, 5.74) is 8.58. The van der Waals surface area contributed by atoms with E-state index in [9.17, 15) is 0 Å². The monoisotopic (exact) mass is 650 g/mol. The van der Waals surface area contributed by atoms with Crippen LogP contribution in [-0.4, -0.2) is 4.57 Å². The van der Waals surface area contributed by atoms with E-state index in [1.165, 1.54) is 43.4 Å². The molecule has 11 aromatic rings. The molecule has 0 aliphatic rings. The van der Waals surface area contributed by atoms with Gasteiger partial charge in [-0.05, 0) is 82.2 Å². The molecule has 0 unspecified atom stereocenters. The smallest absolute Gasteiger partial charge is 0.145 e. The third-order valence-corrected chi connectivity index (χ3v) is 10.5. The second kappa shape index (κ2) is 10.8. The number of hydrogen-bond donors (Lipinski definition) is 0. The highest BCUT2D eigenvalue weighted by Crippen LogP contribution is 2.47. The number of fused-ring (bicyclic) bond motifs is 11. The van der Waals surface area contributed by atoms with Crippen molar-refractivity contribution in [1.29, 1.82) is 0 Å². The van der Waals surface area contributed by atoms with Gasteiger partial charge in [0.15, 0.2) is 0 Å². The minimum atomic E-state index is 0.896. The summed E-state index contributed by atoms with van der Waals surface area (Å²) in [6.45, 7) is 0. The molecule has 0 spiro atoms. The maximum absolute atomic E-state index is 6.71. The lowest BCUT2D eigenvalue weighted by Crippen LogP contribution is -2.11. The Hall–Kier alpha value is -6.84. The molecule has 0 amide bonds. The van der Waals surface area contributed by atoms with Crippen LogP contribution in [0, 0.1) is 0 Å². The molecule has 0 bridgehead atoms. The van der Waals surface area contributed by atoms with E-state index in [1.807, 2.05) is 6.07 Å². The van der Waals surface area contributed by atoms with E-state index < -0.39 is 0 Å². The van der Waals surface area contributed by atoms with Gasteiger partial charge in [0.2, 0.25) is 0 Å². The summed E-state index contributed by atoms with van der Waals surface area (Å²) in [4.78, 5) is 2.43. The topological polar surface area (TPSA) is 21.3 Å². The summed E-state index contributed by atoms with van der Waals surface area (Å²) in [6.07, 6.45) is 0. The third kappa shape index (κ3) is 4.12. The van der Waals surface area contributed by atoms with Crippen molar-refractivity contribution < 1.29 is 4.42 Å². The van der Waals surface area contributed by atoms with E-state index in [4.69, 9.17) is 4.42 Å². The van der Waals surface area contributed by atoms with Crippen molar-refractivity contribution in [2.24, 2.45) is 0 Å². The van der Waals surface area contributed by atoms with Gasteiger partial charge in [-0.3, -0.25) is 0 Å². The molecule has 9 aromatic carbocycles. The number of anilines is 3. The molecule has 3 nitrogen and oxygen atoms in total. The van der Waals surface area contributed by atoms with Crippen LogP contribution >= 0.6 is 0 Å². The number of nitrogens with zero attached hydrogens (tertiary/aromatic N) is 2. The Morgan fingerprint density at radius 2 is 1.00 bits per heavy atom. The maximum Gasteiger partial charge on any atom is 0.145 e. The summed E-state index contributed by atoms with van der Waals surface area (Å²) in [5.74, 6) is 0. The van der Waals surface area contributed by atoms with E-state index in [2.05, 4.69) is 185 Å². The first kappa shape index (κ1) is 28.0. The largest absolute Gasteiger partial charge is 0.455 e. The fraction of sp³-hybridized carbons (Fsp3) is 0. The van der Waals surface area contributed by atoms with E-state index in [0.29, 0.717) is 0 Å². The van der Waals surface area contributed by atoms with Crippen LogP contribution in [0.4, 0.5) is 17.1 Å². The number of rotatable bonds is 4. The van der Waals surface area contributed by atoms with Crippen molar-refractivity contribution in [2.75, 3.05) is 4.90 Å². The van der Waals surface area contributed by atoms with Crippen LogP contribution in [0.15, 0.2) is 186 Å². The summed E-state index contributed by atoms with van der Waals surface area (Å²) in [6, 6.07) is 65.6. The molecule has 0 radical (unpaired) electrons. The second-order valence-electron chi connectivity index (χ2n) is 13.3. The van der Waals surface area contributed by atoms with Crippen molar-refractivity contribution in [3.63, 3.8) is 0 Å². The van der Waals surface area contributed by atoms with Gasteiger partial charge in [-0.15, -0.1) is 0 Å². The van der Waals surface area contributed by atoms with Gasteiger partial charge in [-0.1, -0.05) is 121 Å². The zero-order chi connectivity index (χ0) is 33.5. The number of aromatic nitrogens is 1. The van der Waals surface area contributed by atoms with Crippen molar-refractivity contribution in [1.82, 2.24) is 4.57 Å². The molecule has 2 heterocycles. The Labute approximate surface area is 293 Å². The Morgan fingerprint density at radius 1 is 0.392 bits per heavy atom. The Morgan fingerprint density at radius 3 is 1.76 bits per heavy atom. The average Bonchev–Trinajstić information content (AvgIpc) is 3.75. The van der Waals surface area contributed by atoms with Crippen LogP contribution in [0.2, 0.25) is 0 Å². The molecule has 0 fully saturated rings. The fourth-order valence-corrected chi connectivity index (χ4v) is 8.30. The SMILES string of the molecule is c1ccc2c(c1)cc(N(c1ccc(-n3c4ccccc4c4ccccc43)cc1)c1cccc3ccc4c5ccccc5oc4c13)c1ccccc12. The third-order valence-electron chi connectivity index (χ3n) is 10.5. The van der Waals surface area contributed by atoms with Crippen molar-refractivity contribution in [2.45, 2.75) is 0 Å². The molecular formula is C48H30N2O. The molecule has 0 N–H and O–H groups in total. The Bertz CT molecular complexity index is 3090. The molecule has 0 saturated carbocycles. The fourth-order valence-electron chi connectivity index (χ4n) is 8.30. The molecule has 11 rings (SSSR count). The highest BCUT2D eigenvalue weighted by molar-refractivity contribution is 6.21. The lowest BCUT2D eigenvalue weighted by atomic mass is 9.98. The second-order valence-corrected chi connectivity index (χ2v) is 13.3. The van der Waals surface area contributed by atoms with Gasteiger partial charge < -0.3 is 13.9 Å². The van der Waals surface area contributed by atoms with E-state index in [0.717, 1.165) is 55.5 Å². The number of hydrogen-bond acceptors (Lipinski definition) is 2. The standard InChI is InChI=1S/C48H30N2O/c1-2-14-35-32(12-1)30-45(37-16-4-3-15-36(35)37)50(44-22-11-13-31-24-29-41-40-19-7-10-23-46(40)51-48(41)47(31)44)34-27-25-33(26-28-34)49-42-20-8-5-17-38(42)39-18-6-9-21-43(39)49/h1-30H. The average molecular weight is 651 g/mol. The summed E-state index contributed by atoms with van der Waals surface area (Å²) in [5, 5.41) is 11.9. The van der Waals surface area contributed by atoms with Crippen molar-refractivity contribution >= 4 is 93.1 Å². The van der Waals surface area contributed by atoms with Crippen molar-refractivity contribution in [3.05, 3.63) is 182 Å². The van der Waals surface area contributed by atoms with Gasteiger partial charge in [-0.2, -0.15) is 0 Å². The van der Waals surface area contributed by atoms with Gasteiger partial charge in [0, 0.05) is 43.7 Å². The highest BCUT2D eigenvalue weighted by atomic mass is 16.3. The van der Waals surface area contributed by atoms with Gasteiger partial charge in [0.05, 0.1) is 22.4 Å². The molecule has 3 heteroatoms. The molecule has 0 aliphatic carbocycles. The van der Waals surface area contributed by atoms with Crippen molar-refractivity contribution in [3.8, 4) is 5.69 Å². The van der Waals surface area contributed by atoms with Crippen LogP contribution < -0.4 is 4.90 Å². The highest BCUT2D eigenvalue weighted by Gasteiger charge is 2.22. The van der Waals surface area contributed by atoms with Crippen LogP contribution in [0.25, 0.3) is 81.7 Å². The molecule has 0 saturated heterocycles. The van der Waals surface area contributed by atoms with Crippen LogP contribution in [0.5, 0.6) is 0 Å². The molecule has 2 aromatic heterocycles. The molecule has 238 valence electrons. The first-order chi connectivity index (χ1) is 25.3. The van der Waals surface area contributed by atoms with Gasteiger partial charge in [0.1, 0.15) is 11.2 Å². The molecule has 51 heavy (non-hydrogen) atoms. The summed E-state index contributed by atoms with van der Waals surface area (Å²) < 4.78 is 9.08. The predicted molar refractivity (Wildman–Crippen MR) is 215 cm³/mol. The predicted octanol–water partition coefficient (Wildman–Crippen LogP) is 13.6. The Kier molecular flexibility index (Phi) is 5.96. The van der Waals surface area contributed by atoms with Crippen LogP contribution in [0.3, 0.4) is 0 Å². The molecule has 0 atom stereocenters. The zero-order valence-electron chi connectivity index (χ0n) is 27.6. The first-order valence-electron chi connectivity index (χ1n) is 17.4. The van der Waals surface area contributed by atoms with Crippen LogP contribution in [-0.2, 0) is 0 Å². The van der Waals surface area contributed by atoms with E-state index in [-0.39, 0.29) is 0 Å². The normalized spacial score (nSPS) is 11.9. The number of para-hydroxylation sites is 3. The van der Waals surface area contributed by atoms with E-state index >= 15 is 0 Å². The lowest BCUT2D eigenvalue weighted by molar-refractivity contribution is 0.672. The number of furan rings is 1. The van der Waals surface area contributed by atoms with Gasteiger partial charge in [0.25, 0.3) is 0 Å². The molecular weight excluding hydrogens is 621 g/mol. The minimum absolute atomic E-state index is 0.896. The summed E-state index contributed by atoms with van der Waals surface area (Å²) >= 11 is 0. The maximum atomic E-state index is 6.71. The van der Waals surface area contributed by atoms with Gasteiger partial charge >= 0.3 is 0 Å². The van der Waals surface area contributed by atoms with Crippen LogP contribution in [0.1, 0.15) is 0 Å². The lowest BCUT2D eigenvalue weighted by Gasteiger charge is -2.29.